The molecule has 1 aliphatic rings. The summed E-state index contributed by atoms with van der Waals surface area (Å²) in [6.07, 6.45) is 11.3. The number of aromatic nitrogens is 5. The summed E-state index contributed by atoms with van der Waals surface area (Å²) in [5, 5.41) is 9.73. The van der Waals surface area contributed by atoms with Crippen molar-refractivity contribution in [1.82, 2.24) is 25.1 Å². The summed E-state index contributed by atoms with van der Waals surface area (Å²) < 4.78 is 0. The van der Waals surface area contributed by atoms with E-state index in [1.165, 1.54) is 0 Å². The lowest BCUT2D eigenvalue weighted by molar-refractivity contribution is -0.124. The molecule has 0 bridgehead atoms. The summed E-state index contributed by atoms with van der Waals surface area (Å²) in [4.78, 5) is 25.7. The molecule has 1 saturated carbocycles. The summed E-state index contributed by atoms with van der Waals surface area (Å²) in [5.74, 6) is 0.766. The van der Waals surface area contributed by atoms with Crippen LogP contribution in [0.1, 0.15) is 24.8 Å². The van der Waals surface area contributed by atoms with Crippen molar-refractivity contribution in [3.63, 3.8) is 0 Å². The number of carbonyl (C=O) groups excluding carboxylic acids is 1. The molecular formula is C23H21N7O. The predicted octanol–water partition coefficient (Wildman–Crippen LogP) is 3.57. The number of carbonyl (C=O) groups is 1. The number of rotatable bonds is 5. The Hall–Kier alpha value is -4.07. The van der Waals surface area contributed by atoms with Gasteiger partial charge in [0.1, 0.15) is 5.82 Å². The van der Waals surface area contributed by atoms with Gasteiger partial charge < -0.3 is 11.1 Å². The highest BCUT2D eigenvalue weighted by atomic mass is 16.2. The van der Waals surface area contributed by atoms with Gasteiger partial charge in [0.2, 0.25) is 11.9 Å². The van der Waals surface area contributed by atoms with Gasteiger partial charge in [0.05, 0.1) is 11.6 Å². The van der Waals surface area contributed by atoms with Crippen molar-refractivity contribution in [3.05, 3.63) is 72.9 Å². The molecule has 0 saturated heterocycles. The Bertz CT molecular complexity index is 1180. The topological polar surface area (TPSA) is 122 Å². The van der Waals surface area contributed by atoms with E-state index in [0.717, 1.165) is 47.1 Å². The number of anilines is 2. The smallest absolute Gasteiger partial charge is 0.236 e. The van der Waals surface area contributed by atoms with Gasteiger partial charge in [-0.05, 0) is 36.1 Å². The molecule has 1 aromatic carbocycles. The number of aromatic amines is 1. The van der Waals surface area contributed by atoms with Gasteiger partial charge in [-0.2, -0.15) is 5.10 Å². The number of pyridine rings is 1. The number of H-pyrrole nitrogens is 1. The van der Waals surface area contributed by atoms with E-state index >= 15 is 0 Å². The van der Waals surface area contributed by atoms with Crippen molar-refractivity contribution in [2.24, 2.45) is 0 Å². The maximum atomic E-state index is 13.2. The molecule has 1 fully saturated rings. The summed E-state index contributed by atoms with van der Waals surface area (Å²) in [5.41, 5.74) is 9.80. The zero-order valence-corrected chi connectivity index (χ0v) is 16.7. The van der Waals surface area contributed by atoms with Crippen LogP contribution < -0.4 is 11.1 Å². The van der Waals surface area contributed by atoms with E-state index in [2.05, 4.69) is 30.5 Å². The van der Waals surface area contributed by atoms with Crippen LogP contribution in [0.2, 0.25) is 0 Å². The minimum atomic E-state index is -0.527. The number of nitrogens with two attached hydrogens (primary N) is 1. The molecule has 0 spiro atoms. The first-order valence-corrected chi connectivity index (χ1v) is 10.1. The molecule has 5 rings (SSSR count). The minimum absolute atomic E-state index is 0.0223. The van der Waals surface area contributed by atoms with Gasteiger partial charge in [-0.1, -0.05) is 30.7 Å². The first kappa shape index (κ1) is 18.9. The van der Waals surface area contributed by atoms with E-state index in [-0.39, 0.29) is 11.9 Å². The summed E-state index contributed by atoms with van der Waals surface area (Å²) in [6.45, 7) is 0. The fraction of sp³-hybridized carbons (Fsp3) is 0.174. The molecule has 0 unspecified atom stereocenters. The molecule has 31 heavy (non-hydrogen) atoms. The molecule has 0 aliphatic heterocycles. The van der Waals surface area contributed by atoms with Gasteiger partial charge in [0, 0.05) is 41.5 Å². The highest BCUT2D eigenvalue weighted by Gasteiger charge is 2.45. The fourth-order valence-electron chi connectivity index (χ4n) is 3.93. The van der Waals surface area contributed by atoms with E-state index in [1.807, 2.05) is 36.4 Å². The second kappa shape index (κ2) is 7.64. The Morgan fingerprint density at radius 2 is 1.58 bits per heavy atom. The lowest BCUT2D eigenvalue weighted by Crippen LogP contribution is -2.46. The van der Waals surface area contributed by atoms with Gasteiger partial charge in [-0.25, -0.2) is 15.0 Å². The lowest BCUT2D eigenvalue weighted by Gasteiger charge is -2.40. The monoisotopic (exact) mass is 411 g/mol. The average molecular weight is 411 g/mol. The molecule has 4 aromatic rings. The molecule has 1 amide bonds. The third kappa shape index (κ3) is 3.52. The normalized spacial score (nSPS) is 14.6. The molecule has 3 aromatic heterocycles. The number of nitrogens with one attached hydrogen (secondary N) is 2. The molecule has 8 heteroatoms. The highest BCUT2D eigenvalue weighted by Crippen LogP contribution is 2.45. The van der Waals surface area contributed by atoms with Crippen LogP contribution in [0.3, 0.4) is 0 Å². The number of hydrogen-bond acceptors (Lipinski definition) is 6. The van der Waals surface area contributed by atoms with Crippen molar-refractivity contribution < 1.29 is 4.79 Å². The quantitative estimate of drug-likeness (QED) is 0.461. The summed E-state index contributed by atoms with van der Waals surface area (Å²) in [6, 6.07) is 11.8. The van der Waals surface area contributed by atoms with Crippen LogP contribution in [0.4, 0.5) is 11.8 Å². The molecule has 1 aliphatic carbocycles. The highest BCUT2D eigenvalue weighted by molar-refractivity contribution is 5.99. The Morgan fingerprint density at radius 3 is 2.16 bits per heavy atom. The van der Waals surface area contributed by atoms with Crippen LogP contribution in [0.5, 0.6) is 0 Å². The van der Waals surface area contributed by atoms with Crippen molar-refractivity contribution in [3.8, 4) is 22.3 Å². The number of amides is 1. The van der Waals surface area contributed by atoms with Gasteiger partial charge >= 0.3 is 0 Å². The molecule has 4 N–H and O–H groups in total. The van der Waals surface area contributed by atoms with Crippen molar-refractivity contribution >= 4 is 17.7 Å². The number of benzene rings is 1. The third-order valence-electron chi connectivity index (χ3n) is 5.92. The molecule has 8 nitrogen and oxygen atoms in total. The van der Waals surface area contributed by atoms with Crippen LogP contribution in [0.15, 0.2) is 67.4 Å². The molecule has 154 valence electrons. The van der Waals surface area contributed by atoms with Crippen LogP contribution in [0.25, 0.3) is 22.3 Å². The second-order valence-electron chi connectivity index (χ2n) is 7.72. The van der Waals surface area contributed by atoms with Gasteiger partial charge in [0.15, 0.2) is 0 Å². The Labute approximate surface area is 179 Å². The van der Waals surface area contributed by atoms with Crippen molar-refractivity contribution in [2.75, 3.05) is 11.1 Å². The van der Waals surface area contributed by atoms with Gasteiger partial charge in [-0.3, -0.25) is 9.89 Å². The van der Waals surface area contributed by atoms with E-state index in [4.69, 9.17) is 5.73 Å². The first-order chi connectivity index (χ1) is 15.1. The van der Waals surface area contributed by atoms with E-state index in [0.29, 0.717) is 5.82 Å². The van der Waals surface area contributed by atoms with Crippen molar-refractivity contribution in [2.45, 2.75) is 24.7 Å². The van der Waals surface area contributed by atoms with Crippen molar-refractivity contribution in [1.29, 1.82) is 0 Å². The number of nitrogens with zero attached hydrogens (tertiary/aromatic N) is 4. The van der Waals surface area contributed by atoms with Gasteiger partial charge in [0.25, 0.3) is 0 Å². The predicted molar refractivity (Wildman–Crippen MR) is 118 cm³/mol. The number of nitrogen functional groups attached to an aromatic ring is 1. The maximum absolute atomic E-state index is 13.2. The second-order valence-corrected chi connectivity index (χ2v) is 7.72. The Balaban J connectivity index is 1.34. The van der Waals surface area contributed by atoms with Crippen LogP contribution in [-0.2, 0) is 10.2 Å². The number of hydrogen-bond donors (Lipinski definition) is 3. The lowest BCUT2D eigenvalue weighted by atomic mass is 9.63. The standard InChI is InChI=1S/C23H21N7O/c24-22-26-11-17(12-27-22)15-2-5-19(6-3-15)23(8-1-9-23)21(31)30-20-7-4-16(10-25-20)18-13-28-29-14-18/h2-7,10-14H,1,8-9H2,(H,28,29)(H2,24,26,27)(H,25,30,31). The molecular weight excluding hydrogens is 390 g/mol. The SMILES string of the molecule is Nc1ncc(-c2ccc(C3(C(=O)Nc4ccc(-c5cn[nH]c5)cn4)CCC3)cc2)cn1. The first-order valence-electron chi connectivity index (χ1n) is 10.1. The van der Waals surface area contributed by atoms with E-state index in [9.17, 15) is 4.79 Å². The zero-order valence-electron chi connectivity index (χ0n) is 16.7. The fourth-order valence-corrected chi connectivity index (χ4v) is 3.93. The largest absolute Gasteiger partial charge is 0.368 e. The third-order valence-corrected chi connectivity index (χ3v) is 5.92. The average Bonchev–Trinajstić information content (AvgIpc) is 3.30. The Morgan fingerprint density at radius 1 is 0.871 bits per heavy atom. The Kier molecular flexibility index (Phi) is 4.66. The zero-order chi connectivity index (χ0) is 21.3. The molecule has 3 heterocycles. The minimum Gasteiger partial charge on any atom is -0.368 e. The van der Waals surface area contributed by atoms with Crippen LogP contribution >= 0.6 is 0 Å². The summed E-state index contributed by atoms with van der Waals surface area (Å²) in [7, 11) is 0. The molecule has 0 radical (unpaired) electrons. The summed E-state index contributed by atoms with van der Waals surface area (Å²) >= 11 is 0. The molecule has 0 atom stereocenters. The van der Waals surface area contributed by atoms with Crippen LogP contribution in [-0.4, -0.2) is 31.1 Å². The van der Waals surface area contributed by atoms with E-state index in [1.54, 1.807) is 31.0 Å². The van der Waals surface area contributed by atoms with Gasteiger partial charge in [-0.15, -0.1) is 0 Å². The van der Waals surface area contributed by atoms with Crippen LogP contribution in [0, 0.1) is 0 Å². The van der Waals surface area contributed by atoms with E-state index < -0.39 is 5.41 Å². The maximum Gasteiger partial charge on any atom is 0.236 e.